The fraction of sp³-hybridized carbons (Fsp3) is 0.182. The maximum atomic E-state index is 10.9. The number of aromatic nitrogens is 2. The number of nitro benzene ring substituents is 1. The molecule has 6 heteroatoms. The highest BCUT2D eigenvalue weighted by atomic mass is 35.5. The van der Waals surface area contributed by atoms with Crippen molar-refractivity contribution in [3.05, 3.63) is 56.9 Å². The van der Waals surface area contributed by atoms with Crippen LogP contribution in [0.5, 0.6) is 0 Å². The molecular formula is C11H10ClN3O2. The van der Waals surface area contributed by atoms with Crippen LogP contribution in [0.4, 0.5) is 5.69 Å². The summed E-state index contributed by atoms with van der Waals surface area (Å²) in [7, 11) is 0. The van der Waals surface area contributed by atoms with Gasteiger partial charge in [0, 0.05) is 17.3 Å². The van der Waals surface area contributed by atoms with Crippen LogP contribution in [0, 0.1) is 17.0 Å². The van der Waals surface area contributed by atoms with Crippen molar-refractivity contribution in [1.82, 2.24) is 9.78 Å². The van der Waals surface area contributed by atoms with Crippen molar-refractivity contribution in [2.24, 2.45) is 0 Å². The molecule has 0 aliphatic heterocycles. The van der Waals surface area contributed by atoms with Gasteiger partial charge in [0.15, 0.2) is 0 Å². The van der Waals surface area contributed by atoms with Gasteiger partial charge in [-0.2, -0.15) is 5.10 Å². The van der Waals surface area contributed by atoms with E-state index in [1.807, 2.05) is 13.0 Å². The monoisotopic (exact) mass is 251 g/mol. The van der Waals surface area contributed by atoms with E-state index in [2.05, 4.69) is 5.10 Å². The Morgan fingerprint density at radius 1 is 1.47 bits per heavy atom. The van der Waals surface area contributed by atoms with Crippen LogP contribution in [-0.2, 0) is 6.54 Å². The first-order valence-electron chi connectivity index (χ1n) is 4.99. The van der Waals surface area contributed by atoms with Crippen molar-refractivity contribution in [2.45, 2.75) is 13.5 Å². The molecule has 0 unspecified atom stereocenters. The Morgan fingerprint density at radius 2 is 2.24 bits per heavy atom. The zero-order valence-electron chi connectivity index (χ0n) is 9.13. The van der Waals surface area contributed by atoms with Gasteiger partial charge in [-0.3, -0.25) is 14.8 Å². The van der Waals surface area contributed by atoms with E-state index in [1.54, 1.807) is 16.9 Å². The van der Waals surface area contributed by atoms with E-state index in [1.165, 1.54) is 12.1 Å². The molecule has 17 heavy (non-hydrogen) atoms. The molecule has 0 N–H and O–H groups in total. The molecule has 0 radical (unpaired) electrons. The normalized spacial score (nSPS) is 10.5. The molecule has 88 valence electrons. The van der Waals surface area contributed by atoms with Crippen LogP contribution in [0.15, 0.2) is 30.5 Å². The van der Waals surface area contributed by atoms with Crippen molar-refractivity contribution < 1.29 is 4.92 Å². The average Bonchev–Trinajstić information content (AvgIpc) is 2.63. The topological polar surface area (TPSA) is 61.0 Å². The van der Waals surface area contributed by atoms with E-state index >= 15 is 0 Å². The van der Waals surface area contributed by atoms with Crippen LogP contribution >= 0.6 is 11.6 Å². The molecule has 0 aliphatic carbocycles. The van der Waals surface area contributed by atoms with Gasteiger partial charge >= 0.3 is 0 Å². The fourth-order valence-electron chi connectivity index (χ4n) is 1.58. The number of halogens is 1. The van der Waals surface area contributed by atoms with E-state index in [-0.39, 0.29) is 5.69 Å². The second kappa shape index (κ2) is 4.55. The lowest BCUT2D eigenvalue weighted by atomic mass is 10.2. The largest absolute Gasteiger partial charge is 0.274 e. The number of nitrogens with zero attached hydrogens (tertiary/aromatic N) is 3. The summed E-state index contributed by atoms with van der Waals surface area (Å²) in [4.78, 5) is 10.4. The van der Waals surface area contributed by atoms with Crippen molar-refractivity contribution in [1.29, 1.82) is 0 Å². The Hall–Kier alpha value is -1.88. The summed E-state index contributed by atoms with van der Waals surface area (Å²) < 4.78 is 1.65. The zero-order chi connectivity index (χ0) is 12.4. The Labute approximate surface area is 103 Å². The maximum Gasteiger partial charge on any atom is 0.274 e. The van der Waals surface area contributed by atoms with Gasteiger partial charge in [-0.25, -0.2) is 0 Å². The third-order valence-corrected chi connectivity index (χ3v) is 2.58. The van der Waals surface area contributed by atoms with E-state index in [0.717, 1.165) is 5.69 Å². The lowest BCUT2D eigenvalue weighted by Crippen LogP contribution is -2.04. The number of rotatable bonds is 3. The van der Waals surface area contributed by atoms with E-state index < -0.39 is 4.92 Å². The summed E-state index contributed by atoms with van der Waals surface area (Å²) in [5.74, 6) is 0. The second-order valence-electron chi connectivity index (χ2n) is 3.68. The molecule has 0 atom stereocenters. The van der Waals surface area contributed by atoms with Gasteiger partial charge in [0.05, 0.1) is 22.7 Å². The fourth-order valence-corrected chi connectivity index (χ4v) is 1.78. The molecule has 0 bridgehead atoms. The highest BCUT2D eigenvalue weighted by molar-refractivity contribution is 6.30. The molecule has 5 nitrogen and oxygen atoms in total. The van der Waals surface area contributed by atoms with Crippen molar-refractivity contribution in [3.8, 4) is 0 Å². The first kappa shape index (κ1) is 11.6. The summed E-state index contributed by atoms with van der Waals surface area (Å²) in [5, 5.41) is 15.5. The number of hydrogen-bond donors (Lipinski definition) is 0. The average molecular weight is 252 g/mol. The minimum atomic E-state index is -0.415. The number of hydrogen-bond acceptors (Lipinski definition) is 3. The summed E-state index contributed by atoms with van der Waals surface area (Å²) >= 11 is 5.84. The van der Waals surface area contributed by atoms with Gasteiger partial charge in [0.25, 0.3) is 5.69 Å². The molecule has 0 saturated heterocycles. The van der Waals surface area contributed by atoms with Crippen LogP contribution in [-0.4, -0.2) is 14.7 Å². The first-order valence-corrected chi connectivity index (χ1v) is 5.37. The third kappa shape index (κ3) is 2.62. The standard InChI is InChI=1S/C11H10ClN3O2/c1-8-4-5-14(13-8)7-9-6-10(12)2-3-11(9)15(16)17/h2-6H,7H2,1H3. The predicted molar refractivity (Wildman–Crippen MR) is 64.2 cm³/mol. The molecule has 2 rings (SSSR count). The molecule has 0 fully saturated rings. The van der Waals surface area contributed by atoms with Gasteiger partial charge in [0.2, 0.25) is 0 Å². The second-order valence-corrected chi connectivity index (χ2v) is 4.12. The van der Waals surface area contributed by atoms with Gasteiger partial charge < -0.3 is 0 Å². The molecule has 1 aromatic heterocycles. The van der Waals surface area contributed by atoms with Crippen LogP contribution in [0.25, 0.3) is 0 Å². The summed E-state index contributed by atoms with van der Waals surface area (Å²) in [5.41, 5.74) is 1.47. The van der Waals surface area contributed by atoms with Gasteiger partial charge in [-0.05, 0) is 25.1 Å². The lowest BCUT2D eigenvalue weighted by molar-refractivity contribution is -0.385. The number of benzene rings is 1. The molecular weight excluding hydrogens is 242 g/mol. The number of nitro groups is 1. The van der Waals surface area contributed by atoms with E-state index in [4.69, 9.17) is 11.6 Å². The molecule has 0 saturated carbocycles. The molecule has 0 aliphatic rings. The Bertz CT molecular complexity index is 566. The SMILES string of the molecule is Cc1ccn(Cc2cc(Cl)ccc2[N+](=O)[O-])n1. The minimum absolute atomic E-state index is 0.0579. The summed E-state index contributed by atoms with van der Waals surface area (Å²) in [6, 6.07) is 6.36. The van der Waals surface area contributed by atoms with Crippen molar-refractivity contribution in [3.63, 3.8) is 0 Å². The first-order chi connectivity index (χ1) is 8.06. The minimum Gasteiger partial charge on any atom is -0.268 e. The summed E-state index contributed by atoms with van der Waals surface area (Å²) in [6.07, 6.45) is 1.78. The smallest absolute Gasteiger partial charge is 0.268 e. The van der Waals surface area contributed by atoms with E-state index in [9.17, 15) is 10.1 Å². The van der Waals surface area contributed by atoms with Crippen molar-refractivity contribution in [2.75, 3.05) is 0 Å². The Balaban J connectivity index is 2.37. The molecule has 1 heterocycles. The maximum absolute atomic E-state index is 10.9. The highest BCUT2D eigenvalue weighted by Gasteiger charge is 2.14. The van der Waals surface area contributed by atoms with Crippen molar-refractivity contribution >= 4 is 17.3 Å². The van der Waals surface area contributed by atoms with Crippen LogP contribution < -0.4 is 0 Å². The molecule has 2 aromatic rings. The lowest BCUT2D eigenvalue weighted by Gasteiger charge is -2.04. The molecule has 0 spiro atoms. The van der Waals surface area contributed by atoms with E-state index in [0.29, 0.717) is 17.1 Å². The Kier molecular flexibility index (Phi) is 3.10. The third-order valence-electron chi connectivity index (χ3n) is 2.34. The van der Waals surface area contributed by atoms with Crippen LogP contribution in [0.3, 0.4) is 0 Å². The number of aryl methyl sites for hydroxylation is 1. The van der Waals surface area contributed by atoms with Gasteiger partial charge in [0.1, 0.15) is 0 Å². The van der Waals surface area contributed by atoms with Gasteiger partial charge in [-0.1, -0.05) is 11.6 Å². The van der Waals surface area contributed by atoms with Gasteiger partial charge in [-0.15, -0.1) is 0 Å². The highest BCUT2D eigenvalue weighted by Crippen LogP contribution is 2.23. The molecule has 1 aromatic carbocycles. The summed E-state index contributed by atoms with van der Waals surface area (Å²) in [6.45, 7) is 2.20. The zero-order valence-corrected chi connectivity index (χ0v) is 9.89. The predicted octanol–water partition coefficient (Wildman–Crippen LogP) is 2.80. The molecule has 0 amide bonds. The Morgan fingerprint density at radius 3 is 2.82 bits per heavy atom. The quantitative estimate of drug-likeness (QED) is 0.622. The van der Waals surface area contributed by atoms with Crippen LogP contribution in [0.1, 0.15) is 11.3 Å². The van der Waals surface area contributed by atoms with Crippen LogP contribution in [0.2, 0.25) is 5.02 Å².